The molecule has 0 aliphatic heterocycles. The molecule has 0 amide bonds. The van der Waals surface area contributed by atoms with Crippen LogP contribution in [0.15, 0.2) is 213 Å². The van der Waals surface area contributed by atoms with Gasteiger partial charge in [-0.25, -0.2) is 0 Å². The quantitative estimate of drug-likeness (QED) is 0.152. The molecule has 0 saturated heterocycles. The number of rotatable bonds is 0. The van der Waals surface area contributed by atoms with E-state index in [1.54, 1.807) is 0 Å². The molecule has 0 bridgehead atoms. The van der Waals surface area contributed by atoms with Crippen molar-refractivity contribution in [2.75, 3.05) is 0 Å². The van der Waals surface area contributed by atoms with E-state index in [1.807, 2.05) is 49.1 Å². The standard InChI is InChI=1S/C15H19N.C15H18.C14H17N.C13H14ClN.C13H15N.C11H16.C10H14/c1-10-8-12-13(15(3,4)5)6-7-16-14(12)9-11(10)2;1-11-9-10-14(15(2,3)4)13-8-6-5-7-12(11)13;1-10-5-6-11-12(14(2,3)4)7-8-15-13(11)9-10;1-13(2,3)11-6-7-15-12-8-9(14)4-5-10(11)12;1-13(2,3)11-8-9-14-12-7-5-4-6-10(11)12;1-9-5-7-10(8-6-9)11(2,3)4;1-10(2,3)9-7-5-4-6-8-9/h6-9H,1-5H3;5-10H,1-4H3;5-9H,1-4H3;4-8H,1-3H3;4-9H,1-3H3;5-8H,1-4H3;4-8H,1-3H3. The number of aryl methyl sites for hydroxylation is 5. The number of benzene rings is 8. The van der Waals surface area contributed by atoms with Crippen molar-refractivity contribution in [3.05, 3.63) is 285 Å². The summed E-state index contributed by atoms with van der Waals surface area (Å²) in [5.74, 6) is 0. The van der Waals surface area contributed by atoms with E-state index in [9.17, 15) is 0 Å². The van der Waals surface area contributed by atoms with Crippen LogP contribution >= 0.6 is 11.6 Å². The van der Waals surface area contributed by atoms with Crippen LogP contribution < -0.4 is 0 Å². The second-order valence-corrected chi connectivity index (χ2v) is 33.5. The average Bonchev–Trinajstić information content (AvgIpc) is 0.833. The number of aromatic nitrogens is 4. The fourth-order valence-electron chi connectivity index (χ4n) is 11.6. The Hall–Kier alpha value is -8.05. The Morgan fingerprint density at radius 3 is 1.03 bits per heavy atom. The van der Waals surface area contributed by atoms with Gasteiger partial charge in [0.1, 0.15) is 0 Å². The monoisotopic (exact) mass is 1300 g/mol. The van der Waals surface area contributed by atoms with Crippen molar-refractivity contribution in [3.63, 3.8) is 0 Å². The highest BCUT2D eigenvalue weighted by atomic mass is 35.5. The lowest BCUT2D eigenvalue weighted by molar-refractivity contribution is 0.590. The minimum absolute atomic E-state index is 0.134. The lowest BCUT2D eigenvalue weighted by atomic mass is 9.83. The minimum atomic E-state index is 0.134. The summed E-state index contributed by atoms with van der Waals surface area (Å²) < 4.78 is 0. The summed E-state index contributed by atoms with van der Waals surface area (Å²) in [7, 11) is 0. The second kappa shape index (κ2) is 31.9. The third-order valence-corrected chi connectivity index (χ3v) is 17.6. The van der Waals surface area contributed by atoms with E-state index in [1.165, 1.54) is 99.1 Å². The van der Waals surface area contributed by atoms with Gasteiger partial charge in [0.25, 0.3) is 0 Å². The first-order valence-electron chi connectivity index (χ1n) is 34.3. The maximum Gasteiger partial charge on any atom is 0.0719 e. The number of fused-ring (bicyclic) bond motifs is 5. The first-order chi connectivity index (χ1) is 44.5. The van der Waals surface area contributed by atoms with Crippen LogP contribution in [0.4, 0.5) is 0 Å². The number of hydrogen-bond acceptors (Lipinski definition) is 4. The topological polar surface area (TPSA) is 51.6 Å². The molecule has 4 aromatic heterocycles. The van der Waals surface area contributed by atoms with Crippen molar-refractivity contribution in [1.82, 2.24) is 19.9 Å². The Kier molecular flexibility index (Phi) is 25.6. The number of hydrogen-bond donors (Lipinski definition) is 0. The van der Waals surface area contributed by atoms with Crippen LogP contribution in [-0.4, -0.2) is 19.9 Å². The zero-order valence-corrected chi connectivity index (χ0v) is 64.1. The van der Waals surface area contributed by atoms with E-state index in [2.05, 4.69) is 364 Å². The van der Waals surface area contributed by atoms with Crippen LogP contribution in [0.1, 0.15) is 212 Å². The second-order valence-electron chi connectivity index (χ2n) is 33.0. The molecule has 96 heavy (non-hydrogen) atoms. The summed E-state index contributed by atoms with van der Waals surface area (Å²) in [6.45, 7) is 57.6. The molecule has 5 heteroatoms. The van der Waals surface area contributed by atoms with Crippen LogP contribution in [0.5, 0.6) is 0 Å². The molecule has 0 unspecified atom stereocenters. The molecule has 0 spiro atoms. The zero-order chi connectivity index (χ0) is 71.4. The van der Waals surface area contributed by atoms with Gasteiger partial charge in [0.2, 0.25) is 0 Å². The summed E-state index contributed by atoms with van der Waals surface area (Å²) in [6, 6.07) is 66.0. The highest BCUT2D eigenvalue weighted by molar-refractivity contribution is 6.31. The van der Waals surface area contributed by atoms with Gasteiger partial charge in [0, 0.05) is 51.4 Å². The first-order valence-corrected chi connectivity index (χ1v) is 34.7. The first kappa shape index (κ1) is 77.0. The van der Waals surface area contributed by atoms with Gasteiger partial charge in [-0.3, -0.25) is 19.9 Å². The normalized spacial score (nSPS) is 11.9. The molecule has 12 rings (SSSR count). The Morgan fingerprint density at radius 1 is 0.229 bits per heavy atom. The third kappa shape index (κ3) is 21.7. The SMILES string of the molecule is CC(C)(C)c1ccccc1.CC(C)(C)c1ccnc2cc(Cl)ccc12.CC(C)(C)c1ccnc2ccccc12.Cc1cc2nccc(C(C)(C)C)c2cc1C.Cc1ccc(C(C)(C)C)c2ccccc12.Cc1ccc(C(C)(C)C)cc1.Cc1ccc2c(C(C)(C)C)ccnc2c1. The highest BCUT2D eigenvalue weighted by Gasteiger charge is 2.22. The molecule has 0 saturated carbocycles. The largest absolute Gasteiger partial charge is 0.256 e. The van der Waals surface area contributed by atoms with Gasteiger partial charge < -0.3 is 0 Å². The lowest BCUT2D eigenvalue weighted by Crippen LogP contribution is -2.12. The van der Waals surface area contributed by atoms with Crippen LogP contribution in [0, 0.1) is 34.6 Å². The van der Waals surface area contributed by atoms with Crippen molar-refractivity contribution < 1.29 is 0 Å². The third-order valence-electron chi connectivity index (χ3n) is 17.3. The summed E-state index contributed by atoms with van der Waals surface area (Å²) in [4.78, 5) is 17.6. The Labute approximate surface area is 584 Å². The molecule has 0 radical (unpaired) electrons. The predicted octanol–water partition coefficient (Wildman–Crippen LogP) is 26.4. The zero-order valence-electron chi connectivity index (χ0n) is 63.4. The van der Waals surface area contributed by atoms with Crippen molar-refractivity contribution in [1.29, 1.82) is 0 Å². The molecule has 0 aliphatic carbocycles. The number of halogens is 1. The fourth-order valence-corrected chi connectivity index (χ4v) is 11.8. The van der Waals surface area contributed by atoms with E-state index >= 15 is 0 Å². The summed E-state index contributed by atoms with van der Waals surface area (Å²) >= 11 is 5.95. The summed E-state index contributed by atoms with van der Waals surface area (Å²) in [6.07, 6.45) is 7.56. The molecule has 4 nitrogen and oxygen atoms in total. The predicted molar refractivity (Wildman–Crippen MR) is 423 cm³/mol. The molecule has 0 N–H and O–H groups in total. The molecule has 0 fully saturated rings. The van der Waals surface area contributed by atoms with Gasteiger partial charge in [-0.05, 0) is 205 Å². The summed E-state index contributed by atoms with van der Waals surface area (Å²) in [5, 5.41) is 8.53. The minimum Gasteiger partial charge on any atom is -0.256 e. The van der Waals surface area contributed by atoms with E-state index in [-0.39, 0.29) is 32.5 Å². The van der Waals surface area contributed by atoms with E-state index in [0.717, 1.165) is 27.1 Å². The van der Waals surface area contributed by atoms with Crippen molar-refractivity contribution in [2.24, 2.45) is 0 Å². The van der Waals surface area contributed by atoms with Crippen molar-refractivity contribution in [2.45, 2.75) is 218 Å². The van der Waals surface area contributed by atoms with Gasteiger partial charge in [-0.1, -0.05) is 290 Å². The van der Waals surface area contributed by atoms with Crippen molar-refractivity contribution >= 4 is 66.0 Å². The maximum atomic E-state index is 5.95. The molecule has 8 aromatic carbocycles. The average molecular weight is 1300 g/mol. The molecule has 12 aromatic rings. The van der Waals surface area contributed by atoms with Gasteiger partial charge >= 0.3 is 0 Å². The smallest absolute Gasteiger partial charge is 0.0719 e. The summed E-state index contributed by atoms with van der Waals surface area (Å²) in [5.41, 5.74) is 22.0. The Bertz CT molecular complexity index is 4390. The molecule has 4 heterocycles. The lowest BCUT2D eigenvalue weighted by Gasteiger charge is -2.22. The van der Waals surface area contributed by atoms with Gasteiger partial charge in [0.05, 0.1) is 22.1 Å². The Balaban J connectivity index is 0.000000178. The molecule has 0 aliphatic rings. The van der Waals surface area contributed by atoms with Gasteiger partial charge in [-0.15, -0.1) is 0 Å². The maximum absolute atomic E-state index is 5.95. The Morgan fingerprint density at radius 2 is 0.573 bits per heavy atom. The van der Waals surface area contributed by atoms with Crippen LogP contribution in [-0.2, 0) is 37.9 Å². The number of nitrogens with zero attached hydrogens (tertiary/aromatic N) is 4. The highest BCUT2D eigenvalue weighted by Crippen LogP contribution is 2.35. The van der Waals surface area contributed by atoms with Crippen LogP contribution in [0.3, 0.4) is 0 Å². The van der Waals surface area contributed by atoms with Crippen LogP contribution in [0.2, 0.25) is 5.02 Å². The van der Waals surface area contributed by atoms with Crippen molar-refractivity contribution in [3.8, 4) is 0 Å². The fraction of sp³-hybridized carbons (Fsp3) is 0.363. The molecular weight excluding hydrogens is 1180 g/mol. The molecule has 0 atom stereocenters. The van der Waals surface area contributed by atoms with Gasteiger partial charge in [0.15, 0.2) is 0 Å². The van der Waals surface area contributed by atoms with Crippen LogP contribution in [0.25, 0.3) is 54.4 Å². The van der Waals surface area contributed by atoms with E-state index in [4.69, 9.17) is 11.6 Å². The van der Waals surface area contributed by atoms with E-state index < -0.39 is 0 Å². The van der Waals surface area contributed by atoms with E-state index in [0.29, 0.717) is 5.41 Å². The molecular formula is C91H113ClN4. The number of pyridine rings is 4. The number of para-hydroxylation sites is 1. The molecule has 504 valence electrons. The van der Waals surface area contributed by atoms with Gasteiger partial charge in [-0.2, -0.15) is 0 Å².